The number of hydrogen-bond acceptors (Lipinski definition) is 4. The standard InChI is InChI=1S/C18H26N4O2/c1-11-8-15(13(3)22(11)17-9-12(2)24-21-17)18(23)20-16-7-5-4-6-14(16)10-19/h8-9,14,16H,4-7,10,19H2,1-3H3,(H,20,23). The molecule has 0 radical (unpaired) electrons. The Kier molecular flexibility index (Phi) is 4.76. The maximum atomic E-state index is 12.8. The van der Waals surface area contributed by atoms with E-state index in [1.165, 1.54) is 6.42 Å². The molecule has 1 aliphatic rings. The van der Waals surface area contributed by atoms with Gasteiger partial charge >= 0.3 is 0 Å². The first-order valence-corrected chi connectivity index (χ1v) is 8.64. The van der Waals surface area contributed by atoms with Crippen molar-refractivity contribution in [3.63, 3.8) is 0 Å². The molecule has 0 bridgehead atoms. The Bertz CT molecular complexity index is 731. The van der Waals surface area contributed by atoms with Crippen LogP contribution in [-0.2, 0) is 0 Å². The van der Waals surface area contributed by atoms with Gasteiger partial charge in [0, 0.05) is 23.5 Å². The van der Waals surface area contributed by atoms with Crippen LogP contribution < -0.4 is 11.1 Å². The number of aryl methyl sites for hydroxylation is 2. The lowest BCUT2D eigenvalue weighted by Crippen LogP contribution is -2.44. The first-order valence-electron chi connectivity index (χ1n) is 8.64. The number of nitrogens with two attached hydrogens (primary N) is 1. The first-order chi connectivity index (χ1) is 11.5. The normalized spacial score (nSPS) is 21.0. The summed E-state index contributed by atoms with van der Waals surface area (Å²) in [5, 5.41) is 7.26. The molecule has 0 aliphatic heterocycles. The van der Waals surface area contributed by atoms with E-state index in [2.05, 4.69) is 10.5 Å². The van der Waals surface area contributed by atoms with Gasteiger partial charge < -0.3 is 15.6 Å². The van der Waals surface area contributed by atoms with Gasteiger partial charge in [-0.15, -0.1) is 0 Å². The van der Waals surface area contributed by atoms with Gasteiger partial charge in [0.15, 0.2) is 5.82 Å². The van der Waals surface area contributed by atoms with Gasteiger partial charge in [-0.3, -0.25) is 9.36 Å². The molecule has 2 aromatic heterocycles. The highest BCUT2D eigenvalue weighted by Gasteiger charge is 2.27. The molecule has 0 spiro atoms. The van der Waals surface area contributed by atoms with Crippen LogP contribution in [0.25, 0.3) is 5.82 Å². The van der Waals surface area contributed by atoms with Crippen molar-refractivity contribution < 1.29 is 9.32 Å². The minimum absolute atomic E-state index is 0.0279. The second-order valence-corrected chi connectivity index (χ2v) is 6.78. The SMILES string of the molecule is Cc1cc(-n2c(C)cc(C(=O)NC3CCCCC3CN)c2C)no1. The van der Waals surface area contributed by atoms with Gasteiger partial charge in [0.2, 0.25) is 0 Å². The van der Waals surface area contributed by atoms with E-state index in [1.54, 1.807) is 0 Å². The summed E-state index contributed by atoms with van der Waals surface area (Å²) in [7, 11) is 0. The van der Waals surface area contributed by atoms with Gasteiger partial charge in [0.1, 0.15) is 5.76 Å². The van der Waals surface area contributed by atoms with Crippen LogP contribution >= 0.6 is 0 Å². The molecule has 2 aromatic rings. The fourth-order valence-corrected chi connectivity index (χ4v) is 3.73. The monoisotopic (exact) mass is 330 g/mol. The van der Waals surface area contributed by atoms with Crippen LogP contribution in [0.1, 0.15) is 53.2 Å². The molecule has 2 atom stereocenters. The molecule has 3 rings (SSSR count). The van der Waals surface area contributed by atoms with Crippen LogP contribution in [0.15, 0.2) is 16.7 Å². The molecule has 2 heterocycles. The lowest BCUT2D eigenvalue weighted by molar-refractivity contribution is 0.0907. The maximum Gasteiger partial charge on any atom is 0.253 e. The molecule has 1 fully saturated rings. The van der Waals surface area contributed by atoms with Gasteiger partial charge in [-0.25, -0.2) is 0 Å². The highest BCUT2D eigenvalue weighted by molar-refractivity contribution is 5.96. The highest BCUT2D eigenvalue weighted by Crippen LogP contribution is 2.25. The van der Waals surface area contributed by atoms with Crippen LogP contribution in [0.4, 0.5) is 0 Å². The van der Waals surface area contributed by atoms with Crippen molar-refractivity contribution in [2.75, 3.05) is 6.54 Å². The average molecular weight is 330 g/mol. The number of rotatable bonds is 4. The third-order valence-corrected chi connectivity index (χ3v) is 5.05. The van der Waals surface area contributed by atoms with Crippen molar-refractivity contribution in [1.29, 1.82) is 0 Å². The van der Waals surface area contributed by atoms with E-state index in [-0.39, 0.29) is 11.9 Å². The lowest BCUT2D eigenvalue weighted by Gasteiger charge is -2.31. The van der Waals surface area contributed by atoms with Crippen molar-refractivity contribution in [2.24, 2.45) is 11.7 Å². The molecular formula is C18H26N4O2. The molecule has 3 N–H and O–H groups in total. The highest BCUT2D eigenvalue weighted by atomic mass is 16.5. The molecule has 1 amide bonds. The second kappa shape index (κ2) is 6.81. The zero-order valence-electron chi connectivity index (χ0n) is 14.6. The van der Waals surface area contributed by atoms with E-state index < -0.39 is 0 Å². The Labute approximate surface area is 142 Å². The van der Waals surface area contributed by atoms with Crippen molar-refractivity contribution in [2.45, 2.75) is 52.5 Å². The van der Waals surface area contributed by atoms with E-state index >= 15 is 0 Å². The largest absolute Gasteiger partial charge is 0.360 e. The van der Waals surface area contributed by atoms with Gasteiger partial charge in [0.25, 0.3) is 5.91 Å². The molecule has 0 saturated heterocycles. The summed E-state index contributed by atoms with van der Waals surface area (Å²) in [5.41, 5.74) is 8.40. The minimum atomic E-state index is -0.0279. The summed E-state index contributed by atoms with van der Waals surface area (Å²) in [4.78, 5) is 12.8. The lowest BCUT2D eigenvalue weighted by atomic mass is 9.84. The number of carbonyl (C=O) groups is 1. The molecule has 6 nitrogen and oxygen atoms in total. The fourth-order valence-electron chi connectivity index (χ4n) is 3.73. The van der Waals surface area contributed by atoms with Gasteiger partial charge in [-0.1, -0.05) is 18.0 Å². The molecule has 6 heteroatoms. The zero-order valence-corrected chi connectivity index (χ0v) is 14.6. The summed E-state index contributed by atoms with van der Waals surface area (Å²) in [5.74, 6) is 1.81. The van der Waals surface area contributed by atoms with Crippen molar-refractivity contribution in [3.8, 4) is 5.82 Å². The number of nitrogens with zero attached hydrogens (tertiary/aromatic N) is 2. The zero-order chi connectivity index (χ0) is 17.3. The van der Waals surface area contributed by atoms with E-state index in [0.29, 0.717) is 23.8 Å². The predicted molar refractivity (Wildman–Crippen MR) is 92.3 cm³/mol. The quantitative estimate of drug-likeness (QED) is 0.902. The number of aromatic nitrogens is 2. The van der Waals surface area contributed by atoms with Crippen LogP contribution in [0, 0.1) is 26.7 Å². The fraction of sp³-hybridized carbons (Fsp3) is 0.556. The second-order valence-electron chi connectivity index (χ2n) is 6.78. The van der Waals surface area contributed by atoms with Gasteiger partial charge in [0.05, 0.1) is 5.56 Å². The number of nitrogens with one attached hydrogen (secondary N) is 1. The number of carbonyl (C=O) groups excluding carboxylic acids is 1. The smallest absolute Gasteiger partial charge is 0.253 e. The Morgan fingerprint density at radius 2 is 2.08 bits per heavy atom. The van der Waals surface area contributed by atoms with Gasteiger partial charge in [-0.05, 0) is 52.1 Å². The first kappa shape index (κ1) is 16.8. The molecular weight excluding hydrogens is 304 g/mol. The molecule has 1 aliphatic carbocycles. The molecule has 0 aromatic carbocycles. The summed E-state index contributed by atoms with van der Waals surface area (Å²) in [6.07, 6.45) is 4.46. The predicted octanol–water partition coefficient (Wildman–Crippen LogP) is 2.64. The van der Waals surface area contributed by atoms with E-state index in [0.717, 1.165) is 36.4 Å². The van der Waals surface area contributed by atoms with Crippen molar-refractivity contribution in [1.82, 2.24) is 15.0 Å². The number of amides is 1. The molecule has 24 heavy (non-hydrogen) atoms. The van der Waals surface area contributed by atoms with Crippen molar-refractivity contribution >= 4 is 5.91 Å². The molecule has 1 saturated carbocycles. The maximum absolute atomic E-state index is 12.8. The van der Waals surface area contributed by atoms with E-state index in [1.807, 2.05) is 37.5 Å². The average Bonchev–Trinajstić information content (AvgIpc) is 3.11. The minimum Gasteiger partial charge on any atom is -0.360 e. The van der Waals surface area contributed by atoms with Crippen LogP contribution in [0.2, 0.25) is 0 Å². The van der Waals surface area contributed by atoms with Gasteiger partial charge in [-0.2, -0.15) is 0 Å². The summed E-state index contributed by atoms with van der Waals surface area (Å²) in [6.45, 7) is 6.39. The topological polar surface area (TPSA) is 86.1 Å². The third kappa shape index (κ3) is 3.11. The van der Waals surface area contributed by atoms with E-state index in [9.17, 15) is 4.79 Å². The third-order valence-electron chi connectivity index (χ3n) is 5.05. The Morgan fingerprint density at radius 1 is 1.33 bits per heavy atom. The number of hydrogen-bond donors (Lipinski definition) is 2. The van der Waals surface area contributed by atoms with E-state index in [4.69, 9.17) is 10.3 Å². The summed E-state index contributed by atoms with van der Waals surface area (Å²) < 4.78 is 7.11. The Hall–Kier alpha value is -2.08. The van der Waals surface area contributed by atoms with Crippen LogP contribution in [-0.4, -0.2) is 28.2 Å². The van der Waals surface area contributed by atoms with Crippen LogP contribution in [0.5, 0.6) is 0 Å². The van der Waals surface area contributed by atoms with Crippen LogP contribution in [0.3, 0.4) is 0 Å². The van der Waals surface area contributed by atoms with Crippen molar-refractivity contribution in [3.05, 3.63) is 34.8 Å². The summed E-state index contributed by atoms with van der Waals surface area (Å²) in [6, 6.07) is 3.95. The molecule has 130 valence electrons. The Morgan fingerprint density at radius 3 is 2.75 bits per heavy atom. The Balaban J connectivity index is 1.83. The summed E-state index contributed by atoms with van der Waals surface area (Å²) >= 11 is 0. The molecule has 2 unspecified atom stereocenters.